The van der Waals surface area contributed by atoms with Crippen LogP contribution in [-0.4, -0.2) is 36.6 Å². The predicted molar refractivity (Wildman–Crippen MR) is 105 cm³/mol. The quantitative estimate of drug-likeness (QED) is 0.157. The van der Waals surface area contributed by atoms with Gasteiger partial charge in [0.05, 0.1) is 25.1 Å². The number of ether oxygens (including phenoxy) is 2. The number of carbonyl (C=O) groups is 2. The lowest BCUT2D eigenvalue weighted by atomic mass is 10.0. The smallest absolute Gasteiger partial charge is 0.306 e. The molecule has 0 aromatic heterocycles. The highest BCUT2D eigenvalue weighted by molar-refractivity contribution is 7.99. The van der Waals surface area contributed by atoms with Gasteiger partial charge in [-0.3, -0.25) is 19.7 Å². The van der Waals surface area contributed by atoms with Crippen molar-refractivity contribution in [2.45, 2.75) is 50.8 Å². The van der Waals surface area contributed by atoms with Crippen LogP contribution in [0.4, 0.5) is 5.69 Å². The van der Waals surface area contributed by atoms with Gasteiger partial charge in [-0.05, 0) is 18.4 Å². The molecule has 0 heterocycles. The molecule has 1 atom stereocenters. The second kappa shape index (κ2) is 12.3. The molecule has 0 radical (unpaired) electrons. The molecule has 0 saturated carbocycles. The maximum absolute atomic E-state index is 12.0. The normalized spacial score (nSPS) is 11.7. The van der Waals surface area contributed by atoms with Crippen molar-refractivity contribution in [2.75, 3.05) is 19.5 Å². The molecule has 0 fully saturated rings. The molecule has 0 spiro atoms. The van der Waals surface area contributed by atoms with Crippen molar-refractivity contribution in [3.05, 3.63) is 27.8 Å². The second-order valence-corrected chi connectivity index (χ2v) is 7.25. The number of rotatable bonds is 13. The molecule has 1 aromatic carbocycles. The summed E-state index contributed by atoms with van der Waals surface area (Å²) in [6, 6.07) is 2.65. The molecule has 0 bridgehead atoms. The summed E-state index contributed by atoms with van der Waals surface area (Å²) >= 11 is 1.14. The van der Waals surface area contributed by atoms with E-state index in [4.69, 9.17) is 9.47 Å². The highest BCUT2D eigenvalue weighted by Crippen LogP contribution is 2.38. The molecule has 0 amide bonds. The van der Waals surface area contributed by atoms with Gasteiger partial charge in [0.2, 0.25) is 0 Å². The molecule has 1 unspecified atom stereocenters. The number of hydrogen-bond donors (Lipinski definition) is 0. The van der Waals surface area contributed by atoms with Gasteiger partial charge in [-0.2, -0.15) is 0 Å². The van der Waals surface area contributed by atoms with Crippen LogP contribution < -0.4 is 4.74 Å². The Labute approximate surface area is 164 Å². The fourth-order valence-corrected chi connectivity index (χ4v) is 3.56. The molecule has 0 aliphatic rings. The first-order valence-electron chi connectivity index (χ1n) is 9.06. The number of benzene rings is 1. The van der Waals surface area contributed by atoms with Gasteiger partial charge in [0.25, 0.3) is 5.69 Å². The lowest BCUT2D eigenvalue weighted by Gasteiger charge is -2.14. The Kier molecular flexibility index (Phi) is 10.5. The van der Waals surface area contributed by atoms with Gasteiger partial charge in [0, 0.05) is 17.4 Å². The van der Waals surface area contributed by atoms with Crippen molar-refractivity contribution < 1.29 is 24.0 Å². The van der Waals surface area contributed by atoms with Crippen LogP contribution in [0.1, 0.15) is 56.3 Å². The Morgan fingerprint density at radius 1 is 1.37 bits per heavy atom. The van der Waals surface area contributed by atoms with Crippen LogP contribution in [0, 0.1) is 16.0 Å². The Morgan fingerprint density at radius 3 is 2.67 bits per heavy atom. The SMILES string of the molecule is CCCCC(CC)COC(=O)CCSc1c(OC)cc(C=O)cc1[N+](=O)[O-]. The molecule has 0 aliphatic heterocycles. The summed E-state index contributed by atoms with van der Waals surface area (Å²) in [5.41, 5.74) is -0.0413. The molecule has 1 aromatic rings. The van der Waals surface area contributed by atoms with Gasteiger partial charge in [-0.15, -0.1) is 11.8 Å². The number of nitro benzene ring substituents is 1. The first kappa shape index (κ1) is 23.0. The van der Waals surface area contributed by atoms with Gasteiger partial charge in [-0.1, -0.05) is 33.1 Å². The number of unbranched alkanes of at least 4 members (excludes halogenated alkanes) is 1. The van der Waals surface area contributed by atoms with Crippen LogP contribution in [-0.2, 0) is 9.53 Å². The third kappa shape index (κ3) is 7.58. The Hall–Kier alpha value is -2.09. The molecule has 0 N–H and O–H groups in total. The van der Waals surface area contributed by atoms with Crippen molar-refractivity contribution in [3.63, 3.8) is 0 Å². The van der Waals surface area contributed by atoms with Gasteiger partial charge < -0.3 is 9.47 Å². The first-order valence-corrected chi connectivity index (χ1v) is 10.0. The van der Waals surface area contributed by atoms with Crippen molar-refractivity contribution in [1.29, 1.82) is 0 Å². The predicted octanol–water partition coefficient (Wildman–Crippen LogP) is 4.66. The van der Waals surface area contributed by atoms with E-state index in [1.165, 1.54) is 19.2 Å². The number of carbonyl (C=O) groups excluding carboxylic acids is 2. The molecule has 8 heteroatoms. The van der Waals surface area contributed by atoms with Crippen molar-refractivity contribution in [1.82, 2.24) is 0 Å². The average molecular weight is 397 g/mol. The number of methoxy groups -OCH3 is 1. The lowest BCUT2D eigenvalue weighted by molar-refractivity contribution is -0.387. The minimum Gasteiger partial charge on any atom is -0.495 e. The number of thioether (sulfide) groups is 1. The number of hydrogen-bond acceptors (Lipinski definition) is 7. The average Bonchev–Trinajstić information content (AvgIpc) is 2.67. The van der Waals surface area contributed by atoms with E-state index in [9.17, 15) is 19.7 Å². The number of nitrogens with zero attached hydrogens (tertiary/aromatic N) is 1. The molecule has 0 saturated heterocycles. The highest BCUT2D eigenvalue weighted by atomic mass is 32.2. The fraction of sp³-hybridized carbons (Fsp3) is 0.579. The van der Waals surface area contributed by atoms with Crippen LogP contribution in [0.2, 0.25) is 0 Å². The van der Waals surface area contributed by atoms with Crippen molar-refractivity contribution >= 4 is 29.7 Å². The van der Waals surface area contributed by atoms with E-state index in [1.54, 1.807) is 0 Å². The van der Waals surface area contributed by atoms with E-state index in [-0.39, 0.29) is 29.4 Å². The maximum Gasteiger partial charge on any atom is 0.306 e. The summed E-state index contributed by atoms with van der Waals surface area (Å²) < 4.78 is 10.5. The van der Waals surface area contributed by atoms with Crippen LogP contribution in [0.15, 0.2) is 17.0 Å². The number of aldehydes is 1. The van der Waals surface area contributed by atoms with E-state index in [0.29, 0.717) is 29.5 Å². The van der Waals surface area contributed by atoms with E-state index in [1.807, 2.05) is 0 Å². The molecule has 1 rings (SSSR count). The van der Waals surface area contributed by atoms with Crippen molar-refractivity contribution in [2.24, 2.45) is 5.92 Å². The van der Waals surface area contributed by atoms with Crippen molar-refractivity contribution in [3.8, 4) is 5.75 Å². The fourth-order valence-electron chi connectivity index (χ4n) is 2.53. The van der Waals surface area contributed by atoms with E-state index in [0.717, 1.165) is 37.4 Å². The van der Waals surface area contributed by atoms with Crippen LogP contribution in [0.5, 0.6) is 5.75 Å². The zero-order valence-corrected chi connectivity index (χ0v) is 16.9. The third-order valence-corrected chi connectivity index (χ3v) is 5.29. The Morgan fingerprint density at radius 2 is 2.11 bits per heavy atom. The minimum atomic E-state index is -0.560. The summed E-state index contributed by atoms with van der Waals surface area (Å²) in [6.45, 7) is 4.63. The van der Waals surface area contributed by atoms with Crippen LogP contribution in [0.3, 0.4) is 0 Å². The topological polar surface area (TPSA) is 95.7 Å². The summed E-state index contributed by atoms with van der Waals surface area (Å²) in [5, 5.41) is 11.3. The van der Waals surface area contributed by atoms with Gasteiger partial charge >= 0.3 is 5.97 Å². The standard InChI is InChI=1S/C19H27NO6S/c1-4-6-7-14(5-2)13-26-18(22)8-9-27-19-16(20(23)24)10-15(12-21)11-17(19)25-3/h10-12,14H,4-9,13H2,1-3H3. The van der Waals surface area contributed by atoms with E-state index in [2.05, 4.69) is 13.8 Å². The Bertz CT molecular complexity index is 649. The maximum atomic E-state index is 12.0. The molecule has 0 aliphatic carbocycles. The zero-order chi connectivity index (χ0) is 20.2. The van der Waals surface area contributed by atoms with E-state index >= 15 is 0 Å². The number of esters is 1. The second-order valence-electron chi connectivity index (χ2n) is 6.14. The molecule has 7 nitrogen and oxygen atoms in total. The minimum absolute atomic E-state index is 0.143. The Balaban J connectivity index is 2.64. The summed E-state index contributed by atoms with van der Waals surface area (Å²) in [7, 11) is 1.38. The summed E-state index contributed by atoms with van der Waals surface area (Å²) in [5.74, 6) is 0.625. The number of nitro groups is 1. The monoisotopic (exact) mass is 397 g/mol. The highest BCUT2D eigenvalue weighted by Gasteiger charge is 2.21. The molecule has 150 valence electrons. The molecular formula is C19H27NO6S. The van der Waals surface area contributed by atoms with Gasteiger partial charge in [0.1, 0.15) is 16.9 Å². The van der Waals surface area contributed by atoms with Gasteiger partial charge in [0.15, 0.2) is 0 Å². The molecule has 27 heavy (non-hydrogen) atoms. The summed E-state index contributed by atoms with van der Waals surface area (Å²) in [4.78, 5) is 33.9. The van der Waals surface area contributed by atoms with E-state index < -0.39 is 4.92 Å². The lowest BCUT2D eigenvalue weighted by Crippen LogP contribution is -2.14. The van der Waals surface area contributed by atoms with Crippen LogP contribution >= 0.6 is 11.8 Å². The summed E-state index contributed by atoms with van der Waals surface area (Å²) in [6.07, 6.45) is 4.92. The van der Waals surface area contributed by atoms with Gasteiger partial charge in [-0.25, -0.2) is 0 Å². The van der Waals surface area contributed by atoms with Crippen LogP contribution in [0.25, 0.3) is 0 Å². The third-order valence-electron chi connectivity index (χ3n) is 4.19. The molecular weight excluding hydrogens is 370 g/mol. The largest absolute Gasteiger partial charge is 0.495 e. The zero-order valence-electron chi connectivity index (χ0n) is 16.1. The first-order chi connectivity index (χ1) is 13.0.